The zero-order valence-electron chi connectivity index (χ0n) is 14.0. The van der Waals surface area contributed by atoms with E-state index in [0.717, 1.165) is 11.3 Å². The molecule has 2 rings (SSSR count). The van der Waals surface area contributed by atoms with Crippen molar-refractivity contribution in [2.45, 2.75) is 31.6 Å². The normalized spacial score (nSPS) is 11.7. The van der Waals surface area contributed by atoms with Crippen LogP contribution in [0.3, 0.4) is 0 Å². The molecule has 0 aliphatic carbocycles. The minimum absolute atomic E-state index is 0.190. The summed E-state index contributed by atoms with van der Waals surface area (Å²) in [6.07, 6.45) is 0. The van der Waals surface area contributed by atoms with Gasteiger partial charge in [0.1, 0.15) is 12.4 Å². The second-order valence-corrected chi connectivity index (χ2v) is 8.06. The maximum atomic E-state index is 12.2. The summed E-state index contributed by atoms with van der Waals surface area (Å²) in [5, 5.41) is 0.544. The van der Waals surface area contributed by atoms with Crippen molar-refractivity contribution in [2.75, 3.05) is 13.2 Å². The van der Waals surface area contributed by atoms with Crippen LogP contribution >= 0.6 is 11.6 Å². The van der Waals surface area contributed by atoms with Crippen LogP contribution in [0.5, 0.6) is 5.75 Å². The van der Waals surface area contributed by atoms with Crippen LogP contribution in [0.25, 0.3) is 0 Å². The second kappa shape index (κ2) is 8.01. The Bertz CT molecular complexity index is 804. The van der Waals surface area contributed by atoms with Crippen molar-refractivity contribution in [1.29, 1.82) is 0 Å². The van der Waals surface area contributed by atoms with Gasteiger partial charge in [-0.05, 0) is 54.3 Å². The van der Waals surface area contributed by atoms with E-state index in [1.165, 1.54) is 11.6 Å². The van der Waals surface area contributed by atoms with Crippen LogP contribution in [-0.2, 0) is 10.0 Å². The van der Waals surface area contributed by atoms with Crippen molar-refractivity contribution >= 4 is 21.6 Å². The van der Waals surface area contributed by atoms with Gasteiger partial charge in [0, 0.05) is 11.6 Å². The fourth-order valence-electron chi connectivity index (χ4n) is 2.18. The molecule has 0 aliphatic rings. The van der Waals surface area contributed by atoms with E-state index in [9.17, 15) is 8.42 Å². The molecule has 130 valence electrons. The molecule has 0 spiro atoms. The summed E-state index contributed by atoms with van der Waals surface area (Å²) in [4.78, 5) is 0.200. The number of rotatable bonds is 7. The van der Waals surface area contributed by atoms with Gasteiger partial charge in [-0.15, -0.1) is 0 Å². The lowest BCUT2D eigenvalue weighted by Crippen LogP contribution is -2.28. The van der Waals surface area contributed by atoms with Crippen LogP contribution < -0.4 is 9.46 Å². The third-order valence-corrected chi connectivity index (χ3v) is 5.51. The highest BCUT2D eigenvalue weighted by Gasteiger charge is 2.14. The molecule has 2 aromatic rings. The lowest BCUT2D eigenvalue weighted by Gasteiger charge is -2.11. The first-order valence-corrected chi connectivity index (χ1v) is 9.64. The molecule has 0 unspecified atom stereocenters. The minimum Gasteiger partial charge on any atom is -0.492 e. The van der Waals surface area contributed by atoms with Gasteiger partial charge in [0.2, 0.25) is 10.0 Å². The van der Waals surface area contributed by atoms with Crippen molar-refractivity contribution in [2.24, 2.45) is 0 Å². The smallest absolute Gasteiger partial charge is 0.240 e. The van der Waals surface area contributed by atoms with E-state index < -0.39 is 10.0 Å². The lowest BCUT2D eigenvalue weighted by molar-refractivity contribution is 0.322. The molecule has 0 fully saturated rings. The Morgan fingerprint density at radius 1 is 1.17 bits per heavy atom. The Labute approximate surface area is 148 Å². The van der Waals surface area contributed by atoms with E-state index in [-0.39, 0.29) is 18.0 Å². The largest absolute Gasteiger partial charge is 0.492 e. The predicted molar refractivity (Wildman–Crippen MR) is 97.4 cm³/mol. The summed E-state index contributed by atoms with van der Waals surface area (Å²) in [6, 6.07) is 12.4. The number of hydrogen-bond acceptors (Lipinski definition) is 3. The van der Waals surface area contributed by atoms with Crippen molar-refractivity contribution in [3.63, 3.8) is 0 Å². The van der Waals surface area contributed by atoms with Gasteiger partial charge in [0.05, 0.1) is 4.90 Å². The zero-order valence-corrected chi connectivity index (χ0v) is 15.6. The predicted octanol–water partition coefficient (Wildman–Crippen LogP) is 4.13. The standard InChI is InChI=1S/C18H22ClNO3S/c1-13(2)15-5-4-6-16(12-15)23-10-9-20-24(21,22)17-7-8-18(19)14(3)11-17/h4-8,11-13,20H,9-10H2,1-3H3. The van der Waals surface area contributed by atoms with Crippen LogP contribution in [0.15, 0.2) is 47.4 Å². The molecule has 0 radical (unpaired) electrons. The van der Waals surface area contributed by atoms with Crippen LogP contribution in [0.1, 0.15) is 30.9 Å². The number of hydrogen-bond donors (Lipinski definition) is 1. The third kappa shape index (κ3) is 4.97. The molecule has 24 heavy (non-hydrogen) atoms. The fraction of sp³-hybridized carbons (Fsp3) is 0.333. The number of aryl methyl sites for hydroxylation is 1. The molecule has 4 nitrogen and oxygen atoms in total. The zero-order chi connectivity index (χ0) is 17.7. The summed E-state index contributed by atoms with van der Waals surface area (Å²) in [6.45, 7) is 6.44. The first kappa shape index (κ1) is 18.8. The summed E-state index contributed by atoms with van der Waals surface area (Å²) in [5.41, 5.74) is 1.91. The number of benzene rings is 2. The van der Waals surface area contributed by atoms with Crippen LogP contribution in [-0.4, -0.2) is 21.6 Å². The first-order chi connectivity index (χ1) is 11.3. The molecule has 0 atom stereocenters. The number of nitrogens with one attached hydrogen (secondary N) is 1. The molecule has 0 heterocycles. The van der Waals surface area contributed by atoms with E-state index in [0.29, 0.717) is 10.9 Å². The van der Waals surface area contributed by atoms with Gasteiger partial charge in [-0.25, -0.2) is 13.1 Å². The van der Waals surface area contributed by atoms with Gasteiger partial charge in [-0.2, -0.15) is 0 Å². The number of ether oxygens (including phenoxy) is 1. The van der Waals surface area contributed by atoms with E-state index in [1.54, 1.807) is 19.1 Å². The molecular formula is C18H22ClNO3S. The molecule has 0 aromatic heterocycles. The van der Waals surface area contributed by atoms with E-state index in [2.05, 4.69) is 18.6 Å². The highest BCUT2D eigenvalue weighted by atomic mass is 35.5. The van der Waals surface area contributed by atoms with Gasteiger partial charge in [0.15, 0.2) is 0 Å². The highest BCUT2D eigenvalue weighted by molar-refractivity contribution is 7.89. The second-order valence-electron chi connectivity index (χ2n) is 5.88. The van der Waals surface area contributed by atoms with Crippen LogP contribution in [0, 0.1) is 6.92 Å². The van der Waals surface area contributed by atoms with Gasteiger partial charge in [0.25, 0.3) is 0 Å². The quantitative estimate of drug-likeness (QED) is 0.748. The number of sulfonamides is 1. The van der Waals surface area contributed by atoms with Gasteiger partial charge >= 0.3 is 0 Å². The Kier molecular flexibility index (Phi) is 6.27. The maximum Gasteiger partial charge on any atom is 0.240 e. The molecule has 0 saturated heterocycles. The van der Waals surface area contributed by atoms with Crippen LogP contribution in [0.4, 0.5) is 0 Å². The monoisotopic (exact) mass is 367 g/mol. The lowest BCUT2D eigenvalue weighted by atomic mass is 10.0. The maximum absolute atomic E-state index is 12.2. The van der Waals surface area contributed by atoms with E-state index in [4.69, 9.17) is 16.3 Å². The Morgan fingerprint density at radius 2 is 1.92 bits per heavy atom. The molecule has 0 saturated carbocycles. The van der Waals surface area contributed by atoms with Crippen LogP contribution in [0.2, 0.25) is 5.02 Å². The Balaban J connectivity index is 1.91. The molecule has 1 N–H and O–H groups in total. The molecular weight excluding hydrogens is 346 g/mol. The highest BCUT2D eigenvalue weighted by Crippen LogP contribution is 2.20. The third-order valence-electron chi connectivity index (χ3n) is 3.63. The molecule has 6 heteroatoms. The van der Waals surface area contributed by atoms with E-state index >= 15 is 0 Å². The average Bonchev–Trinajstić information content (AvgIpc) is 2.54. The summed E-state index contributed by atoms with van der Waals surface area (Å²) in [7, 11) is -3.56. The summed E-state index contributed by atoms with van der Waals surface area (Å²) >= 11 is 5.93. The van der Waals surface area contributed by atoms with Gasteiger partial charge < -0.3 is 4.74 Å². The number of halogens is 1. The summed E-state index contributed by atoms with van der Waals surface area (Å²) in [5.74, 6) is 1.16. The SMILES string of the molecule is Cc1cc(S(=O)(=O)NCCOc2cccc(C(C)C)c2)ccc1Cl. The van der Waals surface area contributed by atoms with Crippen molar-refractivity contribution in [3.8, 4) is 5.75 Å². The minimum atomic E-state index is -3.56. The average molecular weight is 368 g/mol. The first-order valence-electron chi connectivity index (χ1n) is 7.78. The summed E-state index contributed by atoms with van der Waals surface area (Å²) < 4.78 is 32.6. The molecule has 0 bridgehead atoms. The van der Waals surface area contributed by atoms with Crippen molar-refractivity contribution in [1.82, 2.24) is 4.72 Å². The van der Waals surface area contributed by atoms with E-state index in [1.807, 2.05) is 24.3 Å². The van der Waals surface area contributed by atoms with Gasteiger partial charge in [-0.3, -0.25) is 0 Å². The van der Waals surface area contributed by atoms with Gasteiger partial charge in [-0.1, -0.05) is 37.6 Å². The molecule has 2 aromatic carbocycles. The Morgan fingerprint density at radius 3 is 2.58 bits per heavy atom. The molecule has 0 amide bonds. The van der Waals surface area contributed by atoms with Crippen molar-refractivity contribution < 1.29 is 13.2 Å². The topological polar surface area (TPSA) is 55.4 Å². The molecule has 0 aliphatic heterocycles. The van der Waals surface area contributed by atoms with Crippen molar-refractivity contribution in [3.05, 3.63) is 58.6 Å². The fourth-order valence-corrected chi connectivity index (χ4v) is 3.39. The Hall–Kier alpha value is -1.56.